The fourth-order valence-electron chi connectivity index (χ4n) is 4.81. The van der Waals surface area contributed by atoms with E-state index in [4.69, 9.17) is 9.47 Å². The van der Waals surface area contributed by atoms with Crippen LogP contribution in [0.4, 0.5) is 0 Å². The lowest BCUT2D eigenvalue weighted by molar-refractivity contribution is -0.150. The van der Waals surface area contributed by atoms with Crippen LogP contribution in [0.3, 0.4) is 0 Å². The average Bonchev–Trinajstić information content (AvgIpc) is 2.90. The van der Waals surface area contributed by atoms with Gasteiger partial charge < -0.3 is 14.4 Å². The highest BCUT2D eigenvalue weighted by Crippen LogP contribution is 2.18. The van der Waals surface area contributed by atoms with Gasteiger partial charge in [0.25, 0.3) is 0 Å². The van der Waals surface area contributed by atoms with Gasteiger partial charge in [-0.1, -0.05) is 109 Å². The summed E-state index contributed by atoms with van der Waals surface area (Å²) >= 11 is 0. The largest absolute Gasteiger partial charge is 0.462 e. The van der Waals surface area contributed by atoms with Gasteiger partial charge in [0, 0.05) is 12.8 Å². The van der Waals surface area contributed by atoms with E-state index in [0.29, 0.717) is 19.4 Å². The smallest absolute Gasteiger partial charge is 0.306 e. The minimum atomic E-state index is -0.0776. The minimum Gasteiger partial charge on any atom is -0.462 e. The summed E-state index contributed by atoms with van der Waals surface area (Å²) in [7, 11) is 4.08. The van der Waals surface area contributed by atoms with Crippen molar-refractivity contribution in [2.75, 3.05) is 27.2 Å². The average molecular weight is 552 g/mol. The first-order valence-corrected chi connectivity index (χ1v) is 16.6. The summed E-state index contributed by atoms with van der Waals surface area (Å²) in [5, 5.41) is 0. The van der Waals surface area contributed by atoms with Crippen molar-refractivity contribution < 1.29 is 19.1 Å². The Bertz CT molecular complexity index is 576. The fourth-order valence-corrected chi connectivity index (χ4v) is 4.81. The molecular weight excluding hydrogens is 486 g/mol. The first kappa shape index (κ1) is 37.6. The molecule has 0 spiro atoms. The molecule has 0 saturated carbocycles. The van der Waals surface area contributed by atoms with Gasteiger partial charge in [-0.3, -0.25) is 9.59 Å². The molecule has 0 bridgehead atoms. The molecule has 230 valence electrons. The van der Waals surface area contributed by atoms with E-state index in [2.05, 4.69) is 24.8 Å². The van der Waals surface area contributed by atoms with Gasteiger partial charge in [0.1, 0.15) is 12.7 Å². The molecule has 39 heavy (non-hydrogen) atoms. The van der Waals surface area contributed by atoms with Gasteiger partial charge in [0.15, 0.2) is 0 Å². The molecule has 5 heteroatoms. The molecule has 1 atom stereocenters. The molecule has 0 aromatic heterocycles. The van der Waals surface area contributed by atoms with Crippen molar-refractivity contribution in [2.24, 2.45) is 0 Å². The van der Waals surface area contributed by atoms with Crippen LogP contribution in [0, 0.1) is 0 Å². The van der Waals surface area contributed by atoms with Crippen LogP contribution in [0.25, 0.3) is 0 Å². The molecule has 0 rings (SSSR count). The van der Waals surface area contributed by atoms with E-state index in [1.165, 1.54) is 77.0 Å². The number of esters is 2. The van der Waals surface area contributed by atoms with Crippen LogP contribution in [0.2, 0.25) is 0 Å². The Morgan fingerprint density at radius 2 is 1.13 bits per heavy atom. The van der Waals surface area contributed by atoms with Gasteiger partial charge in [0.05, 0.1) is 0 Å². The van der Waals surface area contributed by atoms with Crippen LogP contribution in [0.5, 0.6) is 0 Å². The molecule has 0 amide bonds. The SMILES string of the molecule is CCCCCC/C=C\COC(=O)CCCCCCCCC(CCCCCCCCC)OC(=O)CCCN(C)C. The molecule has 0 aliphatic heterocycles. The Labute approximate surface area is 242 Å². The second-order valence-corrected chi connectivity index (χ2v) is 11.6. The van der Waals surface area contributed by atoms with Crippen molar-refractivity contribution in [1.82, 2.24) is 4.90 Å². The molecule has 0 N–H and O–H groups in total. The highest BCUT2D eigenvalue weighted by atomic mass is 16.5. The number of hydrogen-bond donors (Lipinski definition) is 0. The summed E-state index contributed by atoms with van der Waals surface area (Å²) in [6.45, 7) is 5.81. The van der Waals surface area contributed by atoms with Gasteiger partial charge >= 0.3 is 11.9 Å². The maximum absolute atomic E-state index is 12.4. The van der Waals surface area contributed by atoms with Crippen molar-refractivity contribution in [1.29, 1.82) is 0 Å². The van der Waals surface area contributed by atoms with Gasteiger partial charge in [-0.2, -0.15) is 0 Å². The van der Waals surface area contributed by atoms with Crippen molar-refractivity contribution in [3.05, 3.63) is 12.2 Å². The van der Waals surface area contributed by atoms with Crippen LogP contribution < -0.4 is 0 Å². The summed E-state index contributed by atoms with van der Waals surface area (Å²) < 4.78 is 11.2. The zero-order valence-electron chi connectivity index (χ0n) is 26.5. The Balaban J connectivity index is 3.95. The number of ether oxygens (including phenoxy) is 2. The summed E-state index contributed by atoms with van der Waals surface area (Å²) in [5.74, 6) is -0.106. The lowest BCUT2D eigenvalue weighted by Crippen LogP contribution is -2.20. The van der Waals surface area contributed by atoms with Crippen molar-refractivity contribution in [2.45, 2.75) is 168 Å². The Morgan fingerprint density at radius 3 is 1.72 bits per heavy atom. The lowest BCUT2D eigenvalue weighted by atomic mass is 10.0. The summed E-state index contributed by atoms with van der Waals surface area (Å²) in [6.07, 6.45) is 29.8. The van der Waals surface area contributed by atoms with Crippen LogP contribution in [-0.4, -0.2) is 50.2 Å². The third-order valence-electron chi connectivity index (χ3n) is 7.30. The van der Waals surface area contributed by atoms with E-state index in [-0.39, 0.29) is 18.0 Å². The van der Waals surface area contributed by atoms with Gasteiger partial charge in [0.2, 0.25) is 0 Å². The second kappa shape index (κ2) is 29.6. The Kier molecular flexibility index (Phi) is 28.6. The van der Waals surface area contributed by atoms with Crippen LogP contribution in [0.1, 0.15) is 162 Å². The molecule has 0 radical (unpaired) electrons. The zero-order valence-corrected chi connectivity index (χ0v) is 26.5. The number of hydrogen-bond acceptors (Lipinski definition) is 5. The van der Waals surface area contributed by atoms with E-state index in [9.17, 15) is 9.59 Å². The van der Waals surface area contributed by atoms with Crippen molar-refractivity contribution in [3.8, 4) is 0 Å². The molecule has 0 saturated heterocycles. The zero-order chi connectivity index (χ0) is 28.8. The number of allylic oxidation sites excluding steroid dienone is 1. The van der Waals surface area contributed by atoms with E-state index >= 15 is 0 Å². The number of carbonyl (C=O) groups is 2. The van der Waals surface area contributed by atoms with Gasteiger partial charge in [-0.25, -0.2) is 0 Å². The highest BCUT2D eigenvalue weighted by molar-refractivity contribution is 5.69. The highest BCUT2D eigenvalue weighted by Gasteiger charge is 2.14. The maximum Gasteiger partial charge on any atom is 0.306 e. The van der Waals surface area contributed by atoms with Crippen molar-refractivity contribution in [3.63, 3.8) is 0 Å². The van der Waals surface area contributed by atoms with Gasteiger partial charge in [-0.15, -0.1) is 0 Å². The van der Waals surface area contributed by atoms with Crippen LogP contribution in [0.15, 0.2) is 12.2 Å². The molecule has 0 fully saturated rings. The van der Waals surface area contributed by atoms with E-state index in [1.54, 1.807) is 0 Å². The third-order valence-corrected chi connectivity index (χ3v) is 7.30. The topological polar surface area (TPSA) is 55.8 Å². The summed E-state index contributed by atoms with van der Waals surface area (Å²) in [5.41, 5.74) is 0. The standard InChI is InChI=1S/C34H65NO4/c1-5-7-9-11-13-17-21-26-32(39-34(37)29-25-30-35(3)4)27-22-18-14-15-19-23-28-33(36)38-31-24-20-16-12-10-8-6-2/h20,24,32H,5-19,21-23,25-31H2,1-4H3/b24-20-. The second-order valence-electron chi connectivity index (χ2n) is 11.6. The maximum atomic E-state index is 12.4. The third kappa shape index (κ3) is 29.4. The predicted molar refractivity (Wildman–Crippen MR) is 166 cm³/mol. The predicted octanol–water partition coefficient (Wildman–Crippen LogP) is 9.57. The number of unbranched alkanes of at least 4 members (excludes halogenated alkanes) is 15. The molecule has 0 heterocycles. The lowest BCUT2D eigenvalue weighted by Gasteiger charge is -2.18. The quantitative estimate of drug-likeness (QED) is 0.0526. The minimum absolute atomic E-state index is 0.0286. The van der Waals surface area contributed by atoms with E-state index in [0.717, 1.165) is 64.3 Å². The van der Waals surface area contributed by atoms with E-state index in [1.807, 2.05) is 20.2 Å². The Morgan fingerprint density at radius 1 is 0.615 bits per heavy atom. The molecule has 5 nitrogen and oxygen atoms in total. The van der Waals surface area contributed by atoms with E-state index < -0.39 is 0 Å². The summed E-state index contributed by atoms with van der Waals surface area (Å²) in [4.78, 5) is 26.4. The molecule has 0 aliphatic rings. The fraction of sp³-hybridized carbons (Fsp3) is 0.882. The van der Waals surface area contributed by atoms with Gasteiger partial charge in [-0.05, 0) is 72.0 Å². The monoisotopic (exact) mass is 551 g/mol. The van der Waals surface area contributed by atoms with Crippen molar-refractivity contribution >= 4 is 11.9 Å². The first-order valence-electron chi connectivity index (χ1n) is 16.6. The molecule has 0 aliphatic carbocycles. The molecular formula is C34H65NO4. The molecule has 0 aromatic carbocycles. The van der Waals surface area contributed by atoms with Crippen LogP contribution in [-0.2, 0) is 19.1 Å². The summed E-state index contributed by atoms with van der Waals surface area (Å²) in [6, 6.07) is 0. The molecule has 1 unspecified atom stereocenters. The first-order chi connectivity index (χ1) is 19.0. The number of carbonyl (C=O) groups excluding carboxylic acids is 2. The molecule has 0 aromatic rings. The number of nitrogens with zero attached hydrogens (tertiary/aromatic N) is 1. The normalized spacial score (nSPS) is 12.3. The van der Waals surface area contributed by atoms with Crippen LogP contribution >= 0.6 is 0 Å². The number of rotatable bonds is 29. The Hall–Kier alpha value is -1.36.